The zero-order valence-electron chi connectivity index (χ0n) is 9.28. The van der Waals surface area contributed by atoms with Crippen molar-refractivity contribution in [2.24, 2.45) is 0 Å². The molecular formula is C13H10BrClFNO. The van der Waals surface area contributed by atoms with Crippen molar-refractivity contribution in [3.63, 3.8) is 0 Å². The molecule has 0 amide bonds. The summed E-state index contributed by atoms with van der Waals surface area (Å²) in [6, 6.07) is 6.38. The summed E-state index contributed by atoms with van der Waals surface area (Å²) < 4.78 is 13.7. The molecule has 0 aliphatic carbocycles. The minimum Gasteiger partial charge on any atom is -0.388 e. The molecule has 2 nitrogen and oxygen atoms in total. The summed E-state index contributed by atoms with van der Waals surface area (Å²) in [5.41, 5.74) is 1.28. The fourth-order valence-electron chi connectivity index (χ4n) is 1.68. The van der Waals surface area contributed by atoms with Gasteiger partial charge in [-0.2, -0.15) is 0 Å². The first-order chi connectivity index (χ1) is 8.59. The van der Waals surface area contributed by atoms with Crippen molar-refractivity contribution in [1.29, 1.82) is 0 Å². The molecule has 1 heterocycles. The molecule has 0 saturated heterocycles. The van der Waals surface area contributed by atoms with Gasteiger partial charge in [0.25, 0.3) is 0 Å². The number of pyridine rings is 1. The van der Waals surface area contributed by atoms with Crippen LogP contribution in [0, 0.1) is 5.82 Å². The van der Waals surface area contributed by atoms with E-state index in [0.717, 1.165) is 0 Å². The zero-order valence-corrected chi connectivity index (χ0v) is 11.6. The van der Waals surface area contributed by atoms with E-state index in [0.29, 0.717) is 20.6 Å². The molecule has 0 aliphatic heterocycles. The van der Waals surface area contributed by atoms with Gasteiger partial charge >= 0.3 is 0 Å². The Labute approximate surface area is 118 Å². The molecular weight excluding hydrogens is 321 g/mol. The van der Waals surface area contributed by atoms with Gasteiger partial charge in [0.05, 0.1) is 15.6 Å². The zero-order chi connectivity index (χ0) is 13.1. The van der Waals surface area contributed by atoms with Crippen LogP contribution in [0.3, 0.4) is 0 Å². The molecule has 0 bridgehead atoms. The number of halogens is 3. The highest BCUT2D eigenvalue weighted by Crippen LogP contribution is 2.28. The largest absolute Gasteiger partial charge is 0.388 e. The van der Waals surface area contributed by atoms with Crippen molar-refractivity contribution in [2.75, 3.05) is 0 Å². The maximum absolute atomic E-state index is 13.3. The predicted molar refractivity (Wildman–Crippen MR) is 72.0 cm³/mol. The lowest BCUT2D eigenvalue weighted by Crippen LogP contribution is -2.04. The molecule has 1 N–H and O–H groups in total. The number of nitrogens with zero attached hydrogens (tertiary/aromatic N) is 1. The minimum absolute atomic E-state index is 0.280. The molecule has 1 atom stereocenters. The Balaban J connectivity index is 2.24. The predicted octanol–water partition coefficient (Wildman–Crippen LogP) is 3.91. The lowest BCUT2D eigenvalue weighted by atomic mass is 10.0. The van der Waals surface area contributed by atoms with Gasteiger partial charge in [-0.3, -0.25) is 4.98 Å². The normalized spacial score (nSPS) is 12.4. The SMILES string of the molecule is OC(Cc1cccc(F)c1Br)c1ccncc1Cl. The minimum atomic E-state index is -0.793. The molecule has 2 aromatic rings. The van der Waals surface area contributed by atoms with Crippen LogP contribution >= 0.6 is 27.5 Å². The Bertz CT molecular complexity index is 564. The molecule has 2 rings (SSSR count). The summed E-state index contributed by atoms with van der Waals surface area (Å²) in [5.74, 6) is -0.347. The molecule has 0 saturated carbocycles. The quantitative estimate of drug-likeness (QED) is 0.925. The van der Waals surface area contributed by atoms with Crippen molar-refractivity contribution in [3.8, 4) is 0 Å². The molecule has 18 heavy (non-hydrogen) atoms. The van der Waals surface area contributed by atoms with E-state index in [1.807, 2.05) is 0 Å². The summed E-state index contributed by atoms with van der Waals surface area (Å²) in [4.78, 5) is 3.85. The lowest BCUT2D eigenvalue weighted by Gasteiger charge is -2.13. The van der Waals surface area contributed by atoms with E-state index in [-0.39, 0.29) is 12.2 Å². The summed E-state index contributed by atoms with van der Waals surface area (Å²) >= 11 is 9.12. The molecule has 5 heteroatoms. The van der Waals surface area contributed by atoms with Gasteiger partial charge in [0.1, 0.15) is 5.82 Å². The van der Waals surface area contributed by atoms with Crippen molar-refractivity contribution in [3.05, 3.63) is 63.1 Å². The standard InChI is InChI=1S/C13H10BrClFNO/c14-13-8(2-1-3-11(13)16)6-12(18)9-4-5-17-7-10(9)15/h1-5,7,12,18H,6H2. The van der Waals surface area contributed by atoms with E-state index >= 15 is 0 Å². The second-order valence-corrected chi connectivity index (χ2v) is 5.03. The van der Waals surface area contributed by atoms with Gasteiger partial charge < -0.3 is 5.11 Å². The van der Waals surface area contributed by atoms with Crippen LogP contribution in [0.25, 0.3) is 0 Å². The van der Waals surface area contributed by atoms with E-state index in [1.165, 1.54) is 12.3 Å². The Morgan fingerprint density at radius 3 is 2.89 bits per heavy atom. The van der Waals surface area contributed by atoms with Crippen molar-refractivity contribution < 1.29 is 9.50 Å². The van der Waals surface area contributed by atoms with Gasteiger partial charge in [-0.15, -0.1) is 0 Å². The summed E-state index contributed by atoms with van der Waals surface area (Å²) in [6.45, 7) is 0. The van der Waals surface area contributed by atoms with Crippen LogP contribution in [0.15, 0.2) is 41.1 Å². The van der Waals surface area contributed by atoms with E-state index in [2.05, 4.69) is 20.9 Å². The molecule has 0 fully saturated rings. The number of hydrogen-bond acceptors (Lipinski definition) is 2. The smallest absolute Gasteiger partial charge is 0.137 e. The van der Waals surface area contributed by atoms with Crippen LogP contribution in [0.1, 0.15) is 17.2 Å². The van der Waals surface area contributed by atoms with Crippen LogP contribution in [-0.2, 0) is 6.42 Å². The van der Waals surface area contributed by atoms with E-state index in [1.54, 1.807) is 24.4 Å². The number of aromatic nitrogens is 1. The van der Waals surface area contributed by atoms with Crippen LogP contribution in [-0.4, -0.2) is 10.1 Å². The fraction of sp³-hybridized carbons (Fsp3) is 0.154. The topological polar surface area (TPSA) is 33.1 Å². The average molecular weight is 331 g/mol. The second-order valence-electron chi connectivity index (χ2n) is 3.83. The van der Waals surface area contributed by atoms with Gasteiger partial charge in [-0.1, -0.05) is 23.7 Å². The number of aliphatic hydroxyl groups excluding tert-OH is 1. The van der Waals surface area contributed by atoms with Gasteiger partial charge in [-0.05, 0) is 33.6 Å². The molecule has 0 radical (unpaired) electrons. The summed E-state index contributed by atoms with van der Waals surface area (Å²) in [5, 5.41) is 10.5. The molecule has 1 aromatic carbocycles. The maximum atomic E-state index is 13.3. The average Bonchev–Trinajstić information content (AvgIpc) is 2.35. The first-order valence-corrected chi connectivity index (χ1v) is 6.47. The number of rotatable bonds is 3. The Kier molecular flexibility index (Phi) is 4.32. The highest BCUT2D eigenvalue weighted by molar-refractivity contribution is 9.10. The molecule has 0 aliphatic rings. The van der Waals surface area contributed by atoms with E-state index in [9.17, 15) is 9.50 Å². The monoisotopic (exact) mass is 329 g/mol. The van der Waals surface area contributed by atoms with Crippen molar-refractivity contribution in [2.45, 2.75) is 12.5 Å². The number of hydrogen-bond donors (Lipinski definition) is 1. The summed E-state index contributed by atoms with van der Waals surface area (Å²) in [7, 11) is 0. The Morgan fingerprint density at radius 1 is 1.39 bits per heavy atom. The Morgan fingerprint density at radius 2 is 2.17 bits per heavy atom. The first-order valence-electron chi connectivity index (χ1n) is 5.30. The summed E-state index contributed by atoms with van der Waals surface area (Å²) in [6.07, 6.45) is 2.52. The van der Waals surface area contributed by atoms with Crippen LogP contribution in [0.2, 0.25) is 5.02 Å². The maximum Gasteiger partial charge on any atom is 0.137 e. The van der Waals surface area contributed by atoms with Crippen LogP contribution in [0.5, 0.6) is 0 Å². The molecule has 1 aromatic heterocycles. The van der Waals surface area contributed by atoms with E-state index < -0.39 is 6.10 Å². The van der Waals surface area contributed by atoms with E-state index in [4.69, 9.17) is 11.6 Å². The van der Waals surface area contributed by atoms with Gasteiger partial charge in [0, 0.05) is 24.4 Å². The van der Waals surface area contributed by atoms with Crippen LogP contribution < -0.4 is 0 Å². The number of benzene rings is 1. The number of aliphatic hydroxyl groups is 1. The third kappa shape index (κ3) is 2.88. The molecule has 1 unspecified atom stereocenters. The van der Waals surface area contributed by atoms with Crippen LogP contribution in [0.4, 0.5) is 4.39 Å². The third-order valence-corrected chi connectivity index (χ3v) is 3.81. The van der Waals surface area contributed by atoms with Gasteiger partial charge in [-0.25, -0.2) is 4.39 Å². The Hall–Kier alpha value is -0.970. The first kappa shape index (κ1) is 13.5. The second kappa shape index (κ2) is 5.78. The third-order valence-electron chi connectivity index (χ3n) is 2.61. The molecule has 94 valence electrons. The lowest BCUT2D eigenvalue weighted by molar-refractivity contribution is 0.178. The van der Waals surface area contributed by atoms with Crippen molar-refractivity contribution in [1.82, 2.24) is 4.98 Å². The van der Waals surface area contributed by atoms with Gasteiger partial charge in [0.2, 0.25) is 0 Å². The van der Waals surface area contributed by atoms with Crippen molar-refractivity contribution >= 4 is 27.5 Å². The fourth-order valence-corrected chi connectivity index (χ4v) is 2.35. The highest BCUT2D eigenvalue weighted by atomic mass is 79.9. The highest BCUT2D eigenvalue weighted by Gasteiger charge is 2.15. The van der Waals surface area contributed by atoms with Gasteiger partial charge in [0.15, 0.2) is 0 Å². The molecule has 0 spiro atoms.